The van der Waals surface area contributed by atoms with Gasteiger partial charge in [0.25, 0.3) is 0 Å². The molecule has 0 aliphatic heterocycles. The molecule has 0 heterocycles. The van der Waals surface area contributed by atoms with E-state index in [4.69, 9.17) is 0 Å². The van der Waals surface area contributed by atoms with E-state index < -0.39 is 0 Å². The van der Waals surface area contributed by atoms with Crippen LogP contribution in [-0.4, -0.2) is 0 Å². The fraction of sp³-hybridized carbons (Fsp3) is 0.714. The first-order valence-electron chi connectivity index (χ1n) is 9.47. The van der Waals surface area contributed by atoms with Crippen LogP contribution in [0.4, 0.5) is 0 Å². The van der Waals surface area contributed by atoms with Gasteiger partial charge in [-0.25, -0.2) is 0 Å². The second-order valence-electron chi connectivity index (χ2n) is 8.01. The summed E-state index contributed by atoms with van der Waals surface area (Å²) in [5, 5.41) is 0. The number of hydrogen-bond donors (Lipinski definition) is 0. The van der Waals surface area contributed by atoms with E-state index in [-0.39, 0.29) is 0 Å². The van der Waals surface area contributed by atoms with Crippen LogP contribution in [0.3, 0.4) is 0 Å². The first-order chi connectivity index (χ1) is 10.4. The molecule has 0 radical (unpaired) electrons. The molecule has 4 rings (SSSR count). The van der Waals surface area contributed by atoms with Crippen molar-refractivity contribution in [3.63, 3.8) is 0 Å². The fourth-order valence-electron chi connectivity index (χ4n) is 5.73. The van der Waals surface area contributed by atoms with Crippen LogP contribution in [0.15, 0.2) is 24.3 Å². The predicted molar refractivity (Wildman–Crippen MR) is 89.4 cm³/mol. The van der Waals surface area contributed by atoms with Crippen LogP contribution in [0, 0.1) is 23.7 Å². The lowest BCUT2D eigenvalue weighted by Crippen LogP contribution is -2.21. The van der Waals surface area contributed by atoms with Crippen molar-refractivity contribution < 1.29 is 0 Å². The highest BCUT2D eigenvalue weighted by molar-refractivity contribution is 5.29. The Balaban J connectivity index is 1.40. The maximum absolute atomic E-state index is 2.38. The molecule has 2 unspecified atom stereocenters. The molecule has 1 aromatic carbocycles. The minimum atomic E-state index is 0.979. The van der Waals surface area contributed by atoms with Crippen molar-refractivity contribution in [2.24, 2.45) is 23.7 Å². The molecule has 0 bridgehead atoms. The van der Waals surface area contributed by atoms with Gasteiger partial charge >= 0.3 is 0 Å². The molecule has 0 nitrogen and oxygen atoms in total. The zero-order chi connectivity index (χ0) is 14.1. The number of hydrogen-bond acceptors (Lipinski definition) is 0. The normalized spacial score (nSPS) is 35.8. The number of fused-ring (bicyclic) bond motifs is 2. The van der Waals surface area contributed by atoms with Gasteiger partial charge in [0.2, 0.25) is 0 Å². The first kappa shape index (κ1) is 13.9. The molecule has 1 aromatic rings. The molecule has 0 heteroatoms. The van der Waals surface area contributed by atoms with E-state index in [1.54, 1.807) is 36.8 Å². The average Bonchev–Trinajstić information content (AvgIpc) is 2.75. The number of benzene rings is 1. The molecule has 21 heavy (non-hydrogen) atoms. The van der Waals surface area contributed by atoms with Crippen LogP contribution < -0.4 is 0 Å². The largest absolute Gasteiger partial charge is 0.0620 e. The second-order valence-corrected chi connectivity index (χ2v) is 8.01. The van der Waals surface area contributed by atoms with E-state index in [1.807, 2.05) is 0 Å². The molecule has 3 aliphatic carbocycles. The van der Waals surface area contributed by atoms with Gasteiger partial charge in [0.05, 0.1) is 0 Å². The summed E-state index contributed by atoms with van der Waals surface area (Å²) < 4.78 is 0. The van der Waals surface area contributed by atoms with Crippen LogP contribution in [-0.2, 0) is 12.8 Å². The number of aryl methyl sites for hydroxylation is 1. The predicted octanol–water partition coefficient (Wildman–Crippen LogP) is 5.79. The maximum Gasteiger partial charge on any atom is -0.0247 e. The van der Waals surface area contributed by atoms with Gasteiger partial charge in [-0.05, 0) is 79.7 Å². The Kier molecular flexibility index (Phi) is 4.05. The van der Waals surface area contributed by atoms with Crippen molar-refractivity contribution in [1.82, 2.24) is 0 Å². The van der Waals surface area contributed by atoms with Gasteiger partial charge in [0.1, 0.15) is 0 Å². The summed E-state index contributed by atoms with van der Waals surface area (Å²) in [7, 11) is 0. The van der Waals surface area contributed by atoms with Gasteiger partial charge in [-0.1, -0.05) is 49.9 Å². The summed E-state index contributed by atoms with van der Waals surface area (Å²) in [6, 6.07) is 9.18. The Morgan fingerprint density at radius 2 is 1.67 bits per heavy atom. The zero-order valence-electron chi connectivity index (χ0n) is 13.4. The Morgan fingerprint density at radius 1 is 0.810 bits per heavy atom. The molecule has 0 spiro atoms. The van der Waals surface area contributed by atoms with Crippen LogP contribution in [0.25, 0.3) is 0 Å². The third kappa shape index (κ3) is 2.91. The van der Waals surface area contributed by atoms with Crippen LogP contribution in [0.2, 0.25) is 0 Å². The number of rotatable bonds is 2. The van der Waals surface area contributed by atoms with Crippen LogP contribution in [0.1, 0.15) is 68.9 Å². The Hall–Kier alpha value is -0.780. The van der Waals surface area contributed by atoms with Crippen molar-refractivity contribution >= 4 is 0 Å². The minimum Gasteiger partial charge on any atom is -0.0620 e. The van der Waals surface area contributed by atoms with Crippen LogP contribution in [0.5, 0.6) is 0 Å². The zero-order valence-corrected chi connectivity index (χ0v) is 13.4. The summed E-state index contributed by atoms with van der Waals surface area (Å²) in [4.78, 5) is 0. The average molecular weight is 282 g/mol. The van der Waals surface area contributed by atoms with E-state index in [9.17, 15) is 0 Å². The second kappa shape index (κ2) is 6.15. The summed E-state index contributed by atoms with van der Waals surface area (Å²) in [5.41, 5.74) is 3.29. The van der Waals surface area contributed by atoms with Gasteiger partial charge in [-0.15, -0.1) is 0 Å². The van der Waals surface area contributed by atoms with E-state index in [0.29, 0.717) is 0 Å². The first-order valence-corrected chi connectivity index (χ1v) is 9.47. The van der Waals surface area contributed by atoms with Crippen LogP contribution >= 0.6 is 0 Å². The minimum absolute atomic E-state index is 0.979. The van der Waals surface area contributed by atoms with Gasteiger partial charge in [0.15, 0.2) is 0 Å². The fourth-order valence-corrected chi connectivity index (χ4v) is 5.73. The molecule has 0 N–H and O–H groups in total. The lowest BCUT2D eigenvalue weighted by atomic mass is 9.75. The van der Waals surface area contributed by atoms with Crippen molar-refractivity contribution in [3.05, 3.63) is 35.4 Å². The molecule has 0 aromatic heterocycles. The smallest absolute Gasteiger partial charge is 0.0247 e. The maximum atomic E-state index is 2.38. The van der Waals surface area contributed by atoms with Crippen molar-refractivity contribution in [1.29, 1.82) is 0 Å². The van der Waals surface area contributed by atoms with Gasteiger partial charge in [-0.2, -0.15) is 0 Å². The van der Waals surface area contributed by atoms with Gasteiger partial charge in [-0.3, -0.25) is 0 Å². The Morgan fingerprint density at radius 3 is 2.62 bits per heavy atom. The highest BCUT2D eigenvalue weighted by Crippen LogP contribution is 2.48. The lowest BCUT2D eigenvalue weighted by molar-refractivity contribution is 0.240. The van der Waals surface area contributed by atoms with Gasteiger partial charge in [0, 0.05) is 0 Å². The monoisotopic (exact) mass is 282 g/mol. The van der Waals surface area contributed by atoms with Gasteiger partial charge < -0.3 is 0 Å². The van der Waals surface area contributed by atoms with Crippen molar-refractivity contribution in [3.8, 4) is 0 Å². The third-order valence-corrected chi connectivity index (χ3v) is 6.82. The molecule has 3 aliphatic rings. The Bertz CT molecular complexity index is 475. The topological polar surface area (TPSA) is 0 Å². The molecule has 2 fully saturated rings. The van der Waals surface area contributed by atoms with E-state index in [1.165, 1.54) is 44.9 Å². The quantitative estimate of drug-likeness (QED) is 0.644. The molecule has 0 saturated heterocycles. The standard InChI is InChI=1S/C21H30/c1-2-7-18-12-13-20(21(18)9-3-1)15-16-10-11-17-6-4-5-8-19(17)14-16/h4-6,8,16,18,20-21H,1-3,7,9-15H2/t16-,18+,20?,21?/m0/s1. The molecule has 0 amide bonds. The van der Waals surface area contributed by atoms with E-state index >= 15 is 0 Å². The van der Waals surface area contributed by atoms with E-state index in [2.05, 4.69) is 24.3 Å². The third-order valence-electron chi connectivity index (χ3n) is 6.82. The lowest BCUT2D eigenvalue weighted by Gasteiger charge is -2.30. The SMILES string of the molecule is c1ccc2c(c1)CC[C@H](CC1CC[C@H]3CCCCCC13)C2. The highest BCUT2D eigenvalue weighted by atomic mass is 14.4. The van der Waals surface area contributed by atoms with E-state index in [0.717, 1.165) is 23.7 Å². The molecular formula is C21H30. The van der Waals surface area contributed by atoms with Crippen molar-refractivity contribution in [2.45, 2.75) is 70.6 Å². The van der Waals surface area contributed by atoms with Crippen molar-refractivity contribution in [2.75, 3.05) is 0 Å². The molecule has 4 atom stereocenters. The summed E-state index contributed by atoms with van der Waals surface area (Å²) in [6.45, 7) is 0. The molecular weight excluding hydrogens is 252 g/mol. The highest BCUT2D eigenvalue weighted by Gasteiger charge is 2.37. The molecule has 114 valence electrons. The summed E-state index contributed by atoms with van der Waals surface area (Å²) >= 11 is 0. The Labute approximate surface area is 130 Å². The summed E-state index contributed by atoms with van der Waals surface area (Å²) in [6.07, 6.45) is 16.4. The summed E-state index contributed by atoms with van der Waals surface area (Å²) in [5.74, 6) is 4.26. The molecule has 2 saturated carbocycles.